The Morgan fingerprint density at radius 2 is 1.83 bits per heavy atom. The Morgan fingerprint density at radius 3 is 2.47 bits per heavy atom. The van der Waals surface area contributed by atoms with Gasteiger partial charge in [0.05, 0.1) is 25.2 Å². The van der Waals surface area contributed by atoms with Crippen LogP contribution in [0.5, 0.6) is 11.5 Å². The quantitative estimate of drug-likeness (QED) is 0.291. The predicted molar refractivity (Wildman–Crippen MR) is 135 cm³/mol. The average molecular weight is 486 g/mol. The zero-order valence-corrected chi connectivity index (χ0v) is 20.7. The Labute approximate surface area is 207 Å². The molecule has 0 aliphatic rings. The van der Waals surface area contributed by atoms with E-state index in [0.29, 0.717) is 34.7 Å². The van der Waals surface area contributed by atoms with E-state index in [9.17, 15) is 14.9 Å². The fourth-order valence-electron chi connectivity index (χ4n) is 4.11. The van der Waals surface area contributed by atoms with Gasteiger partial charge in [0.2, 0.25) is 0 Å². The number of hydrogen-bond donors (Lipinski definition) is 0. The molecule has 0 atom stereocenters. The smallest absolute Gasteiger partial charge is 0.279 e. The monoisotopic (exact) mass is 485 g/mol. The lowest BCUT2D eigenvalue weighted by molar-refractivity contribution is 0.0996. The van der Waals surface area contributed by atoms with E-state index in [0.717, 1.165) is 24.8 Å². The van der Waals surface area contributed by atoms with Crippen molar-refractivity contribution in [2.24, 2.45) is 4.99 Å². The van der Waals surface area contributed by atoms with Gasteiger partial charge < -0.3 is 14.0 Å². The summed E-state index contributed by atoms with van der Waals surface area (Å²) < 4.78 is 13.7. The summed E-state index contributed by atoms with van der Waals surface area (Å²) in [6, 6.07) is 12.0. The molecule has 4 rings (SSSR count). The molecule has 36 heavy (non-hydrogen) atoms. The Balaban J connectivity index is 2.05. The van der Waals surface area contributed by atoms with E-state index >= 15 is 0 Å². The van der Waals surface area contributed by atoms with Crippen molar-refractivity contribution in [1.29, 1.82) is 5.26 Å². The molecule has 0 spiro atoms. The van der Waals surface area contributed by atoms with Gasteiger partial charge in [0.25, 0.3) is 11.5 Å². The molecule has 0 fully saturated rings. The molecule has 184 valence electrons. The van der Waals surface area contributed by atoms with Gasteiger partial charge in [-0.25, -0.2) is 4.98 Å². The molecular weight excluding hydrogens is 458 g/mol. The molecule has 0 aliphatic carbocycles. The van der Waals surface area contributed by atoms with E-state index in [1.54, 1.807) is 35.0 Å². The van der Waals surface area contributed by atoms with Crippen LogP contribution in [0.3, 0.4) is 0 Å². The van der Waals surface area contributed by atoms with Crippen LogP contribution in [0.2, 0.25) is 0 Å². The molecule has 0 N–H and O–H groups in total. The fraction of sp³-hybridized carbons (Fsp3) is 0.296. The number of carbonyl (C=O) groups excluding carboxylic acids is 1. The highest BCUT2D eigenvalue weighted by atomic mass is 16.5. The van der Waals surface area contributed by atoms with E-state index in [-0.39, 0.29) is 22.2 Å². The largest absolute Gasteiger partial charge is 0.497 e. The number of aryl methyl sites for hydroxylation is 2. The van der Waals surface area contributed by atoms with Crippen molar-refractivity contribution in [3.8, 4) is 17.6 Å². The van der Waals surface area contributed by atoms with E-state index < -0.39 is 5.91 Å². The first-order valence-corrected chi connectivity index (χ1v) is 11.7. The number of amides is 1. The van der Waals surface area contributed by atoms with Crippen LogP contribution in [0, 0.1) is 18.3 Å². The van der Waals surface area contributed by atoms with Crippen LogP contribution < -0.4 is 20.5 Å². The number of methoxy groups -OCH3 is 2. The Hall–Kier alpha value is -4.45. The van der Waals surface area contributed by atoms with E-state index in [2.05, 4.69) is 18.0 Å². The summed E-state index contributed by atoms with van der Waals surface area (Å²) in [6.45, 7) is 4.41. The second-order valence-electron chi connectivity index (χ2n) is 8.41. The summed E-state index contributed by atoms with van der Waals surface area (Å²) in [5.41, 5.74) is 1.98. The molecule has 3 aromatic heterocycles. The number of rotatable bonds is 7. The fourth-order valence-corrected chi connectivity index (χ4v) is 4.11. The van der Waals surface area contributed by atoms with Crippen molar-refractivity contribution >= 4 is 22.6 Å². The van der Waals surface area contributed by atoms with E-state index in [1.165, 1.54) is 24.7 Å². The van der Waals surface area contributed by atoms with Crippen molar-refractivity contribution in [3.63, 3.8) is 0 Å². The molecule has 0 aliphatic heterocycles. The number of aromatic nitrogens is 3. The summed E-state index contributed by atoms with van der Waals surface area (Å²) >= 11 is 0. The summed E-state index contributed by atoms with van der Waals surface area (Å²) in [5.74, 6) is 0.319. The lowest BCUT2D eigenvalue weighted by atomic mass is 10.1. The van der Waals surface area contributed by atoms with Crippen LogP contribution in [-0.2, 0) is 6.54 Å². The molecule has 1 aromatic carbocycles. The van der Waals surface area contributed by atoms with Gasteiger partial charge in [-0.3, -0.25) is 14.0 Å². The Morgan fingerprint density at radius 1 is 1.11 bits per heavy atom. The Kier molecular flexibility index (Phi) is 7.15. The minimum Gasteiger partial charge on any atom is -0.497 e. The average Bonchev–Trinajstić information content (AvgIpc) is 2.90. The number of carbonyl (C=O) groups is 1. The number of fused-ring (bicyclic) bond motifs is 2. The summed E-state index contributed by atoms with van der Waals surface area (Å²) in [7, 11) is 2.99. The van der Waals surface area contributed by atoms with Crippen LogP contribution >= 0.6 is 0 Å². The molecule has 0 saturated carbocycles. The first kappa shape index (κ1) is 24.7. The Bertz CT molecular complexity index is 1620. The minimum atomic E-state index is -0.569. The zero-order chi connectivity index (χ0) is 25.8. The number of nitrogens with zero attached hydrogens (tertiary/aromatic N) is 5. The maximum absolute atomic E-state index is 13.4. The molecule has 0 unspecified atom stereocenters. The van der Waals surface area contributed by atoms with Crippen LogP contribution in [0.4, 0.5) is 0 Å². The van der Waals surface area contributed by atoms with Gasteiger partial charge in [0, 0.05) is 24.4 Å². The van der Waals surface area contributed by atoms with E-state index in [1.807, 2.05) is 13.0 Å². The lowest BCUT2D eigenvalue weighted by Gasteiger charge is -2.14. The highest BCUT2D eigenvalue weighted by molar-refractivity contribution is 5.96. The van der Waals surface area contributed by atoms with Crippen molar-refractivity contribution in [2.75, 3.05) is 14.2 Å². The first-order valence-electron chi connectivity index (χ1n) is 11.7. The lowest BCUT2D eigenvalue weighted by Crippen LogP contribution is -2.29. The van der Waals surface area contributed by atoms with Crippen LogP contribution in [0.15, 0.2) is 52.4 Å². The number of unbranched alkanes of at least 4 members (excludes halogenated alkanes) is 2. The molecule has 4 aromatic rings. The summed E-state index contributed by atoms with van der Waals surface area (Å²) in [5, 5.41) is 10.3. The van der Waals surface area contributed by atoms with Gasteiger partial charge in [0.15, 0.2) is 5.49 Å². The first-order chi connectivity index (χ1) is 17.4. The molecule has 3 heterocycles. The third kappa shape index (κ3) is 4.58. The number of benzene rings is 1. The van der Waals surface area contributed by atoms with Gasteiger partial charge in [-0.05, 0) is 43.2 Å². The highest BCUT2D eigenvalue weighted by Gasteiger charge is 2.17. The second-order valence-corrected chi connectivity index (χ2v) is 8.41. The SMILES string of the molecule is CCCCCn1c(=NC(=O)c2cc(OC)cc(OC)c2)c(C#N)cc2c(=O)n3cccc(C)c3nc21. The number of ether oxygens (including phenoxy) is 2. The minimum absolute atomic E-state index is 0.119. The molecule has 0 saturated heterocycles. The van der Waals surface area contributed by atoms with Gasteiger partial charge >= 0.3 is 0 Å². The van der Waals surface area contributed by atoms with Crippen molar-refractivity contribution in [2.45, 2.75) is 39.7 Å². The summed E-state index contributed by atoms with van der Waals surface area (Å²) in [6.07, 6.45) is 4.33. The van der Waals surface area contributed by atoms with Gasteiger partial charge in [-0.15, -0.1) is 0 Å². The second kappa shape index (κ2) is 10.4. The molecular formula is C27H27N5O4. The standard InChI is InChI=1S/C27H27N5O4/c1-5-6-7-10-31-24(30-26(33)18-12-20(35-3)15-21(13-18)36-4)19(16-28)14-22-25(31)29-23-17(2)9-8-11-32(23)27(22)34/h8-9,11-15H,5-7,10H2,1-4H3. The third-order valence-electron chi connectivity index (χ3n) is 6.02. The van der Waals surface area contributed by atoms with E-state index in [4.69, 9.17) is 14.5 Å². The molecule has 0 radical (unpaired) electrons. The van der Waals surface area contributed by atoms with Crippen LogP contribution in [-0.4, -0.2) is 34.1 Å². The molecule has 0 bridgehead atoms. The number of pyridine rings is 2. The van der Waals surface area contributed by atoms with Gasteiger partial charge in [-0.1, -0.05) is 25.8 Å². The van der Waals surface area contributed by atoms with Crippen LogP contribution in [0.1, 0.15) is 47.7 Å². The topological polar surface area (TPSA) is 111 Å². The van der Waals surface area contributed by atoms with Gasteiger partial charge in [0.1, 0.15) is 28.9 Å². The maximum atomic E-state index is 13.4. The third-order valence-corrected chi connectivity index (χ3v) is 6.02. The predicted octanol–water partition coefficient (Wildman–Crippen LogP) is 3.78. The zero-order valence-electron chi connectivity index (χ0n) is 20.7. The van der Waals surface area contributed by atoms with Crippen LogP contribution in [0.25, 0.3) is 16.7 Å². The maximum Gasteiger partial charge on any atom is 0.279 e. The van der Waals surface area contributed by atoms with Crippen molar-refractivity contribution in [3.05, 3.63) is 75.1 Å². The van der Waals surface area contributed by atoms with Gasteiger partial charge in [-0.2, -0.15) is 10.3 Å². The normalized spacial score (nSPS) is 11.6. The van der Waals surface area contributed by atoms with Crippen molar-refractivity contribution < 1.29 is 14.3 Å². The summed E-state index contributed by atoms with van der Waals surface area (Å²) in [4.78, 5) is 35.8. The number of nitriles is 1. The molecule has 9 heteroatoms. The molecule has 1 amide bonds. The van der Waals surface area contributed by atoms with Crippen molar-refractivity contribution in [1.82, 2.24) is 14.0 Å². The number of hydrogen-bond acceptors (Lipinski definition) is 6. The highest BCUT2D eigenvalue weighted by Crippen LogP contribution is 2.23. The molecule has 9 nitrogen and oxygen atoms in total.